The van der Waals surface area contributed by atoms with Gasteiger partial charge >= 0.3 is 5.97 Å². The maximum absolute atomic E-state index is 13.9. The Bertz CT molecular complexity index is 786. The fraction of sp³-hybridized carbons (Fsp3) is 0.267. The zero-order valence-corrected chi connectivity index (χ0v) is 13.4. The number of carbonyl (C=O) groups is 2. The van der Waals surface area contributed by atoms with E-state index in [2.05, 4.69) is 26.2 Å². The van der Waals surface area contributed by atoms with Crippen LogP contribution in [0, 0.1) is 5.82 Å². The van der Waals surface area contributed by atoms with E-state index in [0.717, 1.165) is 12.7 Å². The van der Waals surface area contributed by atoms with Crippen LogP contribution in [0.4, 0.5) is 4.39 Å². The minimum absolute atomic E-state index is 0.0434. The van der Waals surface area contributed by atoms with Crippen molar-refractivity contribution >= 4 is 27.8 Å². The maximum Gasteiger partial charge on any atom is 0.329 e. The SMILES string of the molecule is O=C(NC1(C(=O)O)CCC1)c1coc(-c2ccc(Br)cc2F)n1. The number of amides is 1. The molecule has 0 radical (unpaired) electrons. The topological polar surface area (TPSA) is 92.4 Å². The molecule has 1 aromatic carbocycles. The molecular formula is C15H12BrFN2O4. The summed E-state index contributed by atoms with van der Waals surface area (Å²) in [5.74, 6) is -2.31. The van der Waals surface area contributed by atoms with E-state index in [0.29, 0.717) is 17.3 Å². The molecule has 1 fully saturated rings. The molecule has 1 aliphatic rings. The monoisotopic (exact) mass is 382 g/mol. The third-order valence-corrected chi connectivity index (χ3v) is 4.36. The lowest BCUT2D eigenvalue weighted by atomic mass is 9.76. The van der Waals surface area contributed by atoms with Crippen LogP contribution in [0.25, 0.3) is 11.5 Å². The molecule has 23 heavy (non-hydrogen) atoms. The van der Waals surface area contributed by atoms with Gasteiger partial charge in [0.25, 0.3) is 5.91 Å². The highest BCUT2D eigenvalue weighted by Gasteiger charge is 2.46. The third-order valence-electron chi connectivity index (χ3n) is 3.87. The molecule has 0 atom stereocenters. The lowest BCUT2D eigenvalue weighted by molar-refractivity contribution is -0.148. The van der Waals surface area contributed by atoms with E-state index in [1.807, 2.05) is 0 Å². The molecule has 1 aliphatic carbocycles. The molecule has 1 aromatic heterocycles. The Labute approximate surface area is 138 Å². The zero-order chi connectivity index (χ0) is 16.6. The summed E-state index contributed by atoms with van der Waals surface area (Å²) in [7, 11) is 0. The van der Waals surface area contributed by atoms with Gasteiger partial charge in [0.05, 0.1) is 5.56 Å². The van der Waals surface area contributed by atoms with Gasteiger partial charge in [-0.05, 0) is 37.5 Å². The molecule has 0 unspecified atom stereocenters. The number of carboxylic acid groups (broad SMARTS) is 1. The van der Waals surface area contributed by atoms with Gasteiger partial charge in [0.2, 0.25) is 5.89 Å². The molecule has 1 saturated carbocycles. The van der Waals surface area contributed by atoms with Crippen molar-refractivity contribution in [3.8, 4) is 11.5 Å². The van der Waals surface area contributed by atoms with Crippen LogP contribution in [-0.4, -0.2) is 27.5 Å². The molecule has 120 valence electrons. The van der Waals surface area contributed by atoms with Crippen molar-refractivity contribution < 1.29 is 23.5 Å². The van der Waals surface area contributed by atoms with Crippen molar-refractivity contribution in [1.82, 2.24) is 10.3 Å². The van der Waals surface area contributed by atoms with Crippen molar-refractivity contribution in [2.75, 3.05) is 0 Å². The molecule has 0 saturated heterocycles. The van der Waals surface area contributed by atoms with Gasteiger partial charge in [-0.25, -0.2) is 14.2 Å². The number of aromatic nitrogens is 1. The Morgan fingerprint density at radius 3 is 2.70 bits per heavy atom. The number of halogens is 2. The molecule has 6 nitrogen and oxygen atoms in total. The van der Waals surface area contributed by atoms with Crippen LogP contribution < -0.4 is 5.32 Å². The Morgan fingerprint density at radius 1 is 1.39 bits per heavy atom. The summed E-state index contributed by atoms with van der Waals surface area (Å²) in [5, 5.41) is 11.7. The van der Waals surface area contributed by atoms with Gasteiger partial charge < -0.3 is 14.8 Å². The number of hydrogen-bond acceptors (Lipinski definition) is 4. The molecule has 0 bridgehead atoms. The average Bonchev–Trinajstić information content (AvgIpc) is 2.91. The van der Waals surface area contributed by atoms with Crippen LogP contribution in [0.2, 0.25) is 0 Å². The first-order chi connectivity index (χ1) is 10.9. The molecule has 0 spiro atoms. The quantitative estimate of drug-likeness (QED) is 0.847. The van der Waals surface area contributed by atoms with Crippen LogP contribution in [0.15, 0.2) is 33.4 Å². The minimum atomic E-state index is -1.24. The first kappa shape index (κ1) is 15.7. The van der Waals surface area contributed by atoms with Gasteiger partial charge in [-0.3, -0.25) is 4.79 Å². The first-order valence-electron chi connectivity index (χ1n) is 6.88. The van der Waals surface area contributed by atoms with Gasteiger partial charge in [0, 0.05) is 4.47 Å². The van der Waals surface area contributed by atoms with Gasteiger partial charge in [0.15, 0.2) is 5.69 Å². The number of carboxylic acids is 1. The molecule has 3 rings (SSSR count). The second-order valence-electron chi connectivity index (χ2n) is 5.36. The zero-order valence-electron chi connectivity index (χ0n) is 11.8. The van der Waals surface area contributed by atoms with E-state index in [9.17, 15) is 19.1 Å². The van der Waals surface area contributed by atoms with Gasteiger partial charge in [-0.15, -0.1) is 0 Å². The van der Waals surface area contributed by atoms with Crippen molar-refractivity contribution in [3.05, 3.63) is 40.4 Å². The molecule has 1 amide bonds. The predicted octanol–water partition coefficient (Wildman–Crippen LogP) is 2.98. The van der Waals surface area contributed by atoms with Gasteiger partial charge in [0.1, 0.15) is 17.6 Å². The number of benzene rings is 1. The van der Waals surface area contributed by atoms with E-state index in [1.54, 1.807) is 6.07 Å². The largest absolute Gasteiger partial charge is 0.480 e. The second-order valence-corrected chi connectivity index (χ2v) is 6.27. The normalized spacial score (nSPS) is 15.7. The van der Waals surface area contributed by atoms with Crippen LogP contribution in [0.3, 0.4) is 0 Å². The van der Waals surface area contributed by atoms with Crippen molar-refractivity contribution in [2.45, 2.75) is 24.8 Å². The smallest absolute Gasteiger partial charge is 0.329 e. The van der Waals surface area contributed by atoms with Gasteiger partial charge in [-0.1, -0.05) is 15.9 Å². The van der Waals surface area contributed by atoms with Crippen molar-refractivity contribution in [1.29, 1.82) is 0 Å². The summed E-state index contributed by atoms with van der Waals surface area (Å²) in [6, 6.07) is 4.35. The Morgan fingerprint density at radius 2 is 2.13 bits per heavy atom. The molecule has 1 heterocycles. The Hall–Kier alpha value is -2.22. The summed E-state index contributed by atoms with van der Waals surface area (Å²) < 4.78 is 19.6. The highest BCUT2D eigenvalue weighted by Crippen LogP contribution is 2.32. The van der Waals surface area contributed by atoms with Crippen LogP contribution in [0.1, 0.15) is 29.8 Å². The first-order valence-corrected chi connectivity index (χ1v) is 7.67. The summed E-state index contributed by atoms with van der Waals surface area (Å²) in [5.41, 5.74) is -1.21. The van der Waals surface area contributed by atoms with Crippen molar-refractivity contribution in [3.63, 3.8) is 0 Å². The lowest BCUT2D eigenvalue weighted by Gasteiger charge is -2.37. The summed E-state index contributed by atoms with van der Waals surface area (Å²) in [4.78, 5) is 27.3. The number of aliphatic carboxylic acids is 1. The fourth-order valence-corrected chi connectivity index (χ4v) is 2.70. The van der Waals surface area contributed by atoms with Crippen LogP contribution in [0.5, 0.6) is 0 Å². The Kier molecular flexibility index (Phi) is 3.93. The van der Waals surface area contributed by atoms with E-state index >= 15 is 0 Å². The highest BCUT2D eigenvalue weighted by atomic mass is 79.9. The molecule has 0 aliphatic heterocycles. The number of nitrogens with zero attached hydrogens (tertiary/aromatic N) is 1. The number of hydrogen-bond donors (Lipinski definition) is 2. The summed E-state index contributed by atoms with van der Waals surface area (Å²) in [6.45, 7) is 0. The van der Waals surface area contributed by atoms with E-state index in [4.69, 9.17) is 4.42 Å². The van der Waals surface area contributed by atoms with Crippen LogP contribution in [-0.2, 0) is 4.79 Å². The Balaban J connectivity index is 1.81. The van der Waals surface area contributed by atoms with E-state index in [1.165, 1.54) is 12.1 Å². The molecule has 2 aromatic rings. The standard InChI is InChI=1S/C15H12BrFN2O4/c16-8-2-3-9(10(17)6-8)13-18-11(7-23-13)12(20)19-15(14(21)22)4-1-5-15/h2-3,6-7H,1,4-5H2,(H,19,20)(H,21,22). The summed E-state index contributed by atoms with van der Waals surface area (Å²) in [6.07, 6.45) is 2.57. The molecule has 2 N–H and O–H groups in total. The van der Waals surface area contributed by atoms with E-state index in [-0.39, 0.29) is 17.1 Å². The average molecular weight is 383 g/mol. The van der Waals surface area contributed by atoms with Gasteiger partial charge in [-0.2, -0.15) is 0 Å². The van der Waals surface area contributed by atoms with Crippen molar-refractivity contribution in [2.24, 2.45) is 0 Å². The van der Waals surface area contributed by atoms with Crippen LogP contribution >= 0.6 is 15.9 Å². The fourth-order valence-electron chi connectivity index (χ4n) is 2.37. The molecule has 8 heteroatoms. The predicted molar refractivity (Wildman–Crippen MR) is 81.3 cm³/mol. The number of oxazole rings is 1. The molecular weight excluding hydrogens is 371 g/mol. The number of carbonyl (C=O) groups excluding carboxylic acids is 1. The second kappa shape index (κ2) is 5.77. The highest BCUT2D eigenvalue weighted by molar-refractivity contribution is 9.10. The maximum atomic E-state index is 13.9. The lowest BCUT2D eigenvalue weighted by Crippen LogP contribution is -2.59. The van der Waals surface area contributed by atoms with E-state index < -0.39 is 23.2 Å². The summed E-state index contributed by atoms with van der Waals surface area (Å²) >= 11 is 3.15. The minimum Gasteiger partial charge on any atom is -0.480 e. The number of rotatable bonds is 4. The third kappa shape index (κ3) is 2.86. The number of nitrogens with one attached hydrogen (secondary N) is 1.